The van der Waals surface area contributed by atoms with Crippen LogP contribution in [-0.4, -0.2) is 16.3 Å². The molecule has 0 aromatic heterocycles. The second-order valence-electron chi connectivity index (χ2n) is 3.60. The smallest absolute Gasteiger partial charge is 0.121 e. The van der Waals surface area contributed by atoms with Crippen LogP contribution in [0.3, 0.4) is 0 Å². The highest BCUT2D eigenvalue weighted by molar-refractivity contribution is 5.55. The number of hydrogen-bond acceptors (Lipinski definition) is 2. The summed E-state index contributed by atoms with van der Waals surface area (Å²) in [5.41, 5.74) is 2.71. The summed E-state index contributed by atoms with van der Waals surface area (Å²) in [6.45, 7) is 5.43. The van der Waals surface area contributed by atoms with E-state index >= 15 is 0 Å². The predicted molar refractivity (Wildman–Crippen MR) is 58.3 cm³/mol. The molecule has 2 N–H and O–H groups in total. The standard InChI is InChI=1S/C12H16O2/c1-8-6-11(5-4-10(3)13)7-9(2)12(8)14/h4-7,10,13-14H,1-3H3/b5-4+. The SMILES string of the molecule is Cc1cc(/C=C/C(C)O)cc(C)c1O. The van der Waals surface area contributed by atoms with Gasteiger partial charge in [-0.25, -0.2) is 0 Å². The van der Waals surface area contributed by atoms with Gasteiger partial charge in [-0.2, -0.15) is 0 Å². The fourth-order valence-corrected chi connectivity index (χ4v) is 1.34. The van der Waals surface area contributed by atoms with E-state index in [4.69, 9.17) is 5.11 Å². The van der Waals surface area contributed by atoms with Crippen molar-refractivity contribution >= 4 is 6.08 Å². The van der Waals surface area contributed by atoms with Crippen molar-refractivity contribution in [1.82, 2.24) is 0 Å². The fourth-order valence-electron chi connectivity index (χ4n) is 1.34. The maximum absolute atomic E-state index is 9.53. The minimum Gasteiger partial charge on any atom is -0.507 e. The van der Waals surface area contributed by atoms with Gasteiger partial charge < -0.3 is 10.2 Å². The van der Waals surface area contributed by atoms with Crippen LogP contribution in [0.1, 0.15) is 23.6 Å². The van der Waals surface area contributed by atoms with Gasteiger partial charge in [-0.05, 0) is 49.6 Å². The van der Waals surface area contributed by atoms with Gasteiger partial charge in [0.1, 0.15) is 5.75 Å². The summed E-state index contributed by atoms with van der Waals surface area (Å²) in [6, 6.07) is 3.78. The van der Waals surface area contributed by atoms with E-state index in [9.17, 15) is 5.11 Å². The number of aromatic hydroxyl groups is 1. The van der Waals surface area contributed by atoms with Crippen molar-refractivity contribution in [2.24, 2.45) is 0 Å². The van der Waals surface area contributed by atoms with Gasteiger partial charge in [-0.1, -0.05) is 12.2 Å². The van der Waals surface area contributed by atoms with Crippen molar-refractivity contribution < 1.29 is 10.2 Å². The molecule has 0 heterocycles. The zero-order chi connectivity index (χ0) is 10.7. The third-order valence-corrected chi connectivity index (χ3v) is 2.08. The third kappa shape index (κ3) is 2.60. The monoisotopic (exact) mass is 192 g/mol. The van der Waals surface area contributed by atoms with Gasteiger partial charge in [-0.3, -0.25) is 0 Å². The molecule has 0 spiro atoms. The number of hydrogen-bond donors (Lipinski definition) is 2. The van der Waals surface area contributed by atoms with Gasteiger partial charge in [0.15, 0.2) is 0 Å². The Kier molecular flexibility index (Phi) is 3.31. The Labute approximate surface area is 84.5 Å². The van der Waals surface area contributed by atoms with Crippen LogP contribution in [-0.2, 0) is 0 Å². The molecule has 1 atom stereocenters. The molecule has 0 bridgehead atoms. The Morgan fingerprint density at radius 2 is 1.71 bits per heavy atom. The van der Waals surface area contributed by atoms with Crippen LogP contribution in [0, 0.1) is 13.8 Å². The lowest BCUT2D eigenvalue weighted by atomic mass is 10.1. The fraction of sp³-hybridized carbons (Fsp3) is 0.333. The van der Waals surface area contributed by atoms with Gasteiger partial charge in [0, 0.05) is 0 Å². The zero-order valence-corrected chi connectivity index (χ0v) is 8.78. The van der Waals surface area contributed by atoms with Crippen LogP contribution in [0.2, 0.25) is 0 Å². The van der Waals surface area contributed by atoms with E-state index < -0.39 is 6.10 Å². The quantitative estimate of drug-likeness (QED) is 0.755. The van der Waals surface area contributed by atoms with Crippen LogP contribution < -0.4 is 0 Å². The maximum Gasteiger partial charge on any atom is 0.121 e. The Morgan fingerprint density at radius 3 is 2.14 bits per heavy atom. The average molecular weight is 192 g/mol. The largest absolute Gasteiger partial charge is 0.507 e. The van der Waals surface area contributed by atoms with E-state index in [0.717, 1.165) is 16.7 Å². The van der Waals surface area contributed by atoms with Crippen molar-refractivity contribution in [1.29, 1.82) is 0 Å². The van der Waals surface area contributed by atoms with Gasteiger partial charge in [-0.15, -0.1) is 0 Å². The van der Waals surface area contributed by atoms with E-state index in [1.54, 1.807) is 13.0 Å². The molecule has 1 unspecified atom stereocenters. The van der Waals surface area contributed by atoms with Crippen LogP contribution in [0.25, 0.3) is 6.08 Å². The molecule has 0 saturated heterocycles. The van der Waals surface area contributed by atoms with Crippen molar-refractivity contribution in [2.75, 3.05) is 0 Å². The second kappa shape index (κ2) is 4.29. The molecule has 2 nitrogen and oxygen atoms in total. The molecule has 2 heteroatoms. The normalized spacial score (nSPS) is 13.4. The number of aliphatic hydroxyl groups is 1. The highest BCUT2D eigenvalue weighted by Gasteiger charge is 2.01. The highest BCUT2D eigenvalue weighted by atomic mass is 16.3. The van der Waals surface area contributed by atoms with Gasteiger partial charge >= 0.3 is 0 Å². The molecule has 14 heavy (non-hydrogen) atoms. The molecule has 0 aliphatic rings. The first-order valence-electron chi connectivity index (χ1n) is 4.67. The molecule has 76 valence electrons. The number of phenolic OH excluding ortho intramolecular Hbond substituents is 1. The van der Waals surface area contributed by atoms with Crippen LogP contribution in [0.5, 0.6) is 5.75 Å². The molecule has 1 aromatic rings. The second-order valence-corrected chi connectivity index (χ2v) is 3.60. The number of aliphatic hydroxyl groups excluding tert-OH is 1. The van der Waals surface area contributed by atoms with Crippen LogP contribution in [0.15, 0.2) is 18.2 Å². The van der Waals surface area contributed by atoms with Gasteiger partial charge in [0.2, 0.25) is 0 Å². The minimum atomic E-state index is -0.440. The van der Waals surface area contributed by atoms with Crippen LogP contribution >= 0.6 is 0 Å². The van der Waals surface area contributed by atoms with E-state index in [2.05, 4.69) is 0 Å². The molecular weight excluding hydrogens is 176 g/mol. The Morgan fingerprint density at radius 1 is 1.21 bits per heavy atom. The first kappa shape index (κ1) is 10.8. The summed E-state index contributed by atoms with van der Waals surface area (Å²) in [5, 5.41) is 18.6. The lowest BCUT2D eigenvalue weighted by molar-refractivity contribution is 0.245. The van der Waals surface area contributed by atoms with Crippen LogP contribution in [0.4, 0.5) is 0 Å². The molecule has 0 aliphatic carbocycles. The van der Waals surface area contributed by atoms with Gasteiger partial charge in [0.25, 0.3) is 0 Å². The molecule has 1 rings (SSSR count). The molecule has 0 fully saturated rings. The number of phenols is 1. The third-order valence-electron chi connectivity index (χ3n) is 2.08. The van der Waals surface area contributed by atoms with E-state index in [-0.39, 0.29) is 0 Å². The average Bonchev–Trinajstić information content (AvgIpc) is 2.10. The topological polar surface area (TPSA) is 40.5 Å². The summed E-state index contributed by atoms with van der Waals surface area (Å²) >= 11 is 0. The maximum atomic E-state index is 9.53. The Bertz CT molecular complexity index is 328. The zero-order valence-electron chi connectivity index (χ0n) is 8.78. The summed E-state index contributed by atoms with van der Waals surface area (Å²) in [5.74, 6) is 0.346. The predicted octanol–water partition coefficient (Wildman–Crippen LogP) is 2.40. The first-order chi connectivity index (χ1) is 6.50. The number of aryl methyl sites for hydroxylation is 2. The van der Waals surface area contributed by atoms with E-state index in [1.165, 1.54) is 0 Å². The number of benzene rings is 1. The lowest BCUT2D eigenvalue weighted by Gasteiger charge is -2.04. The molecule has 0 amide bonds. The Hall–Kier alpha value is -1.28. The minimum absolute atomic E-state index is 0.346. The first-order valence-corrected chi connectivity index (χ1v) is 4.67. The van der Waals surface area contributed by atoms with Crippen molar-refractivity contribution in [3.8, 4) is 5.75 Å². The van der Waals surface area contributed by atoms with Crippen molar-refractivity contribution in [3.05, 3.63) is 34.9 Å². The van der Waals surface area contributed by atoms with Crippen molar-refractivity contribution in [3.63, 3.8) is 0 Å². The molecule has 0 aliphatic heterocycles. The molecular formula is C12H16O2. The molecule has 1 aromatic carbocycles. The summed E-state index contributed by atoms with van der Waals surface area (Å²) in [7, 11) is 0. The van der Waals surface area contributed by atoms with Crippen molar-refractivity contribution in [2.45, 2.75) is 26.9 Å². The summed E-state index contributed by atoms with van der Waals surface area (Å²) in [4.78, 5) is 0. The van der Waals surface area contributed by atoms with Gasteiger partial charge in [0.05, 0.1) is 6.10 Å². The number of rotatable bonds is 2. The highest BCUT2D eigenvalue weighted by Crippen LogP contribution is 2.23. The lowest BCUT2D eigenvalue weighted by Crippen LogP contribution is -1.91. The summed E-state index contributed by atoms with van der Waals surface area (Å²) in [6.07, 6.45) is 3.12. The molecule has 0 radical (unpaired) electrons. The summed E-state index contributed by atoms with van der Waals surface area (Å²) < 4.78 is 0. The molecule has 0 saturated carbocycles. The van der Waals surface area contributed by atoms with E-state index in [1.807, 2.05) is 32.1 Å². The van der Waals surface area contributed by atoms with E-state index in [0.29, 0.717) is 5.75 Å². The Balaban J connectivity index is 3.01.